The summed E-state index contributed by atoms with van der Waals surface area (Å²) in [7, 11) is 0. The molecular formula is C10H4N4. The molecule has 0 aliphatic heterocycles. The summed E-state index contributed by atoms with van der Waals surface area (Å²) in [5.74, 6) is 0. The molecule has 2 rings (SSSR count). The molecule has 0 atom stereocenters. The second kappa shape index (κ2) is 3.12. The number of benzene rings is 1. The normalized spacial score (nSPS) is 9.29. The number of hydrogen-bond acceptors (Lipinski definition) is 4. The SMILES string of the molecule is N#Cc1cc2nccnc2cc1C#N. The van der Waals surface area contributed by atoms with Crippen molar-refractivity contribution in [3.63, 3.8) is 0 Å². The average molecular weight is 180 g/mol. The Morgan fingerprint density at radius 3 is 1.64 bits per heavy atom. The molecule has 0 spiro atoms. The molecular weight excluding hydrogens is 176 g/mol. The van der Waals surface area contributed by atoms with Crippen LogP contribution in [0.5, 0.6) is 0 Å². The van der Waals surface area contributed by atoms with Crippen LogP contribution in [0.3, 0.4) is 0 Å². The standard InChI is InChI=1S/C10H4N4/c11-5-7-3-9-10(4-8(7)6-12)14-2-1-13-9/h1-4H. The van der Waals surface area contributed by atoms with Gasteiger partial charge in [0.05, 0.1) is 22.2 Å². The molecule has 4 heteroatoms. The molecule has 1 aromatic heterocycles. The highest BCUT2D eigenvalue weighted by molar-refractivity contribution is 5.78. The minimum Gasteiger partial charge on any atom is -0.253 e. The molecule has 0 saturated heterocycles. The Morgan fingerprint density at radius 1 is 0.857 bits per heavy atom. The van der Waals surface area contributed by atoms with Gasteiger partial charge in [-0.2, -0.15) is 10.5 Å². The molecule has 0 radical (unpaired) electrons. The molecule has 2 aromatic rings. The fraction of sp³-hybridized carbons (Fsp3) is 0. The van der Waals surface area contributed by atoms with Gasteiger partial charge in [-0.3, -0.25) is 9.97 Å². The van der Waals surface area contributed by atoms with Gasteiger partial charge < -0.3 is 0 Å². The number of nitriles is 2. The molecule has 4 nitrogen and oxygen atoms in total. The van der Waals surface area contributed by atoms with Crippen LogP contribution in [0, 0.1) is 22.7 Å². The summed E-state index contributed by atoms with van der Waals surface area (Å²) < 4.78 is 0. The van der Waals surface area contributed by atoms with Crippen molar-refractivity contribution in [2.45, 2.75) is 0 Å². The van der Waals surface area contributed by atoms with Crippen molar-refractivity contribution >= 4 is 11.0 Å². The number of hydrogen-bond donors (Lipinski definition) is 0. The molecule has 0 amide bonds. The lowest BCUT2D eigenvalue weighted by atomic mass is 10.1. The van der Waals surface area contributed by atoms with Crippen LogP contribution < -0.4 is 0 Å². The predicted octanol–water partition coefficient (Wildman–Crippen LogP) is 1.37. The Bertz CT molecular complexity index is 522. The smallest absolute Gasteiger partial charge is 0.101 e. The van der Waals surface area contributed by atoms with E-state index in [1.807, 2.05) is 12.1 Å². The van der Waals surface area contributed by atoms with Gasteiger partial charge in [-0.25, -0.2) is 0 Å². The van der Waals surface area contributed by atoms with Crippen LogP contribution in [0.2, 0.25) is 0 Å². The molecule has 1 heterocycles. The maximum atomic E-state index is 8.76. The third-order valence-electron chi connectivity index (χ3n) is 1.85. The van der Waals surface area contributed by atoms with E-state index < -0.39 is 0 Å². The highest BCUT2D eigenvalue weighted by atomic mass is 14.8. The number of nitrogens with zero attached hydrogens (tertiary/aromatic N) is 4. The highest BCUT2D eigenvalue weighted by Crippen LogP contribution is 2.14. The van der Waals surface area contributed by atoms with E-state index in [0.717, 1.165) is 0 Å². The third-order valence-corrected chi connectivity index (χ3v) is 1.85. The van der Waals surface area contributed by atoms with Gasteiger partial charge in [0.1, 0.15) is 12.1 Å². The van der Waals surface area contributed by atoms with E-state index in [2.05, 4.69) is 9.97 Å². The van der Waals surface area contributed by atoms with Gasteiger partial charge in [-0.05, 0) is 12.1 Å². The quantitative estimate of drug-likeness (QED) is 0.613. The van der Waals surface area contributed by atoms with Crippen LogP contribution in [0.1, 0.15) is 11.1 Å². The predicted molar refractivity (Wildman–Crippen MR) is 49.0 cm³/mol. The maximum absolute atomic E-state index is 8.76. The first-order valence-electron chi connectivity index (χ1n) is 3.90. The van der Waals surface area contributed by atoms with Crippen LogP contribution >= 0.6 is 0 Å². The maximum Gasteiger partial charge on any atom is 0.101 e. The fourth-order valence-corrected chi connectivity index (χ4v) is 1.20. The Labute approximate surface area is 80.1 Å². The first-order valence-corrected chi connectivity index (χ1v) is 3.90. The van der Waals surface area contributed by atoms with Gasteiger partial charge in [0.25, 0.3) is 0 Å². The Balaban J connectivity index is 2.85. The number of rotatable bonds is 0. The van der Waals surface area contributed by atoms with Crippen LogP contribution in [-0.4, -0.2) is 9.97 Å². The lowest BCUT2D eigenvalue weighted by molar-refractivity contribution is 1.28. The molecule has 0 N–H and O–H groups in total. The Morgan fingerprint density at radius 2 is 1.29 bits per heavy atom. The molecule has 0 unspecified atom stereocenters. The van der Waals surface area contributed by atoms with Gasteiger partial charge in [0.2, 0.25) is 0 Å². The van der Waals surface area contributed by atoms with Crippen molar-refractivity contribution in [1.29, 1.82) is 10.5 Å². The van der Waals surface area contributed by atoms with Crippen LogP contribution in [0.4, 0.5) is 0 Å². The van der Waals surface area contributed by atoms with Gasteiger partial charge in [0, 0.05) is 12.4 Å². The minimum absolute atomic E-state index is 0.334. The van der Waals surface area contributed by atoms with E-state index in [1.54, 1.807) is 24.5 Å². The van der Waals surface area contributed by atoms with E-state index in [0.29, 0.717) is 22.2 Å². The second-order valence-corrected chi connectivity index (χ2v) is 2.67. The van der Waals surface area contributed by atoms with E-state index in [9.17, 15) is 0 Å². The van der Waals surface area contributed by atoms with Gasteiger partial charge >= 0.3 is 0 Å². The van der Waals surface area contributed by atoms with Gasteiger partial charge in [-0.1, -0.05) is 0 Å². The van der Waals surface area contributed by atoms with E-state index >= 15 is 0 Å². The lowest BCUT2D eigenvalue weighted by Crippen LogP contribution is -1.88. The molecule has 0 saturated carbocycles. The average Bonchev–Trinajstić information content (AvgIpc) is 2.27. The molecule has 0 bridgehead atoms. The van der Waals surface area contributed by atoms with E-state index in [1.165, 1.54) is 0 Å². The first-order chi connectivity index (χ1) is 6.85. The second-order valence-electron chi connectivity index (χ2n) is 2.67. The molecule has 0 fully saturated rings. The number of aromatic nitrogens is 2. The topological polar surface area (TPSA) is 73.4 Å². The third kappa shape index (κ3) is 1.16. The van der Waals surface area contributed by atoms with Crippen molar-refractivity contribution < 1.29 is 0 Å². The summed E-state index contributed by atoms with van der Waals surface area (Å²) in [5, 5.41) is 17.5. The van der Waals surface area contributed by atoms with Crippen molar-refractivity contribution in [2.75, 3.05) is 0 Å². The van der Waals surface area contributed by atoms with Crippen LogP contribution in [0.25, 0.3) is 11.0 Å². The van der Waals surface area contributed by atoms with Crippen molar-refractivity contribution in [1.82, 2.24) is 9.97 Å². The Kier molecular flexibility index (Phi) is 1.82. The largest absolute Gasteiger partial charge is 0.253 e. The zero-order chi connectivity index (χ0) is 9.97. The highest BCUT2D eigenvalue weighted by Gasteiger charge is 2.04. The lowest BCUT2D eigenvalue weighted by Gasteiger charge is -1.97. The first kappa shape index (κ1) is 8.15. The summed E-state index contributed by atoms with van der Waals surface area (Å²) in [6.45, 7) is 0. The van der Waals surface area contributed by atoms with Crippen molar-refractivity contribution in [2.24, 2.45) is 0 Å². The minimum atomic E-state index is 0.334. The molecule has 64 valence electrons. The zero-order valence-corrected chi connectivity index (χ0v) is 7.10. The van der Waals surface area contributed by atoms with Crippen molar-refractivity contribution in [3.05, 3.63) is 35.7 Å². The molecule has 0 aliphatic carbocycles. The van der Waals surface area contributed by atoms with Gasteiger partial charge in [0.15, 0.2) is 0 Å². The van der Waals surface area contributed by atoms with Gasteiger partial charge in [-0.15, -0.1) is 0 Å². The molecule has 0 aliphatic rings. The summed E-state index contributed by atoms with van der Waals surface area (Å²) in [6, 6.07) is 7.04. The summed E-state index contributed by atoms with van der Waals surface area (Å²) >= 11 is 0. The van der Waals surface area contributed by atoms with E-state index in [4.69, 9.17) is 10.5 Å². The summed E-state index contributed by atoms with van der Waals surface area (Å²) in [6.07, 6.45) is 3.10. The van der Waals surface area contributed by atoms with Crippen LogP contribution in [0.15, 0.2) is 24.5 Å². The molecule has 1 aromatic carbocycles. The monoisotopic (exact) mass is 180 g/mol. The van der Waals surface area contributed by atoms with Crippen molar-refractivity contribution in [3.8, 4) is 12.1 Å². The summed E-state index contributed by atoms with van der Waals surface area (Å²) in [4.78, 5) is 8.08. The number of fused-ring (bicyclic) bond motifs is 1. The fourth-order valence-electron chi connectivity index (χ4n) is 1.20. The zero-order valence-electron chi connectivity index (χ0n) is 7.10. The van der Waals surface area contributed by atoms with E-state index in [-0.39, 0.29) is 0 Å². The van der Waals surface area contributed by atoms with Crippen LogP contribution in [-0.2, 0) is 0 Å². The molecule has 14 heavy (non-hydrogen) atoms. The summed E-state index contributed by atoms with van der Waals surface area (Å²) in [5.41, 5.74) is 1.92. The Hall–Kier alpha value is -2.46.